The topological polar surface area (TPSA) is 57.6 Å². The number of piperidine rings is 1. The third-order valence-electron chi connectivity index (χ3n) is 7.44. The van der Waals surface area contributed by atoms with Crippen LogP contribution in [0.25, 0.3) is 0 Å². The Bertz CT molecular complexity index is 1160. The molecule has 0 aliphatic carbocycles. The van der Waals surface area contributed by atoms with Gasteiger partial charge in [0.05, 0.1) is 18.5 Å². The lowest BCUT2D eigenvalue weighted by Gasteiger charge is -2.47. The lowest BCUT2D eigenvalue weighted by atomic mass is 9.82. The Morgan fingerprint density at radius 2 is 1.71 bits per heavy atom. The Labute approximate surface area is 201 Å². The summed E-state index contributed by atoms with van der Waals surface area (Å²) in [4.78, 5) is 31.0. The largest absolute Gasteiger partial charge is 0.353 e. The van der Waals surface area contributed by atoms with Crippen molar-refractivity contribution in [3.63, 3.8) is 0 Å². The van der Waals surface area contributed by atoms with Crippen LogP contribution in [0.15, 0.2) is 72.9 Å². The number of likely N-dealkylation sites (tertiary alicyclic amines) is 1. The normalized spacial score (nSPS) is 17.6. The number of aryl methyl sites for hydroxylation is 1. The van der Waals surface area contributed by atoms with Gasteiger partial charge in [-0.1, -0.05) is 48.5 Å². The highest BCUT2D eigenvalue weighted by molar-refractivity contribution is 5.99. The van der Waals surface area contributed by atoms with Gasteiger partial charge in [0.15, 0.2) is 0 Å². The Balaban J connectivity index is 1.32. The molecule has 0 saturated carbocycles. The monoisotopic (exact) mass is 456 g/mol. The molecule has 3 aromatic rings. The van der Waals surface area contributed by atoms with E-state index in [1.807, 2.05) is 65.2 Å². The lowest BCUT2D eigenvalue weighted by Crippen LogP contribution is -2.57. The summed E-state index contributed by atoms with van der Waals surface area (Å²) in [7, 11) is 1.98. The van der Waals surface area contributed by atoms with Gasteiger partial charge in [0.25, 0.3) is 5.91 Å². The SMILES string of the molecule is Cn1cccc1CNC(=O)CC1(N2Cc3ccccc3C2=O)CCN(Cc2ccccc2)CC1. The molecule has 0 bridgehead atoms. The van der Waals surface area contributed by atoms with E-state index < -0.39 is 5.54 Å². The summed E-state index contributed by atoms with van der Waals surface area (Å²) >= 11 is 0. The Morgan fingerprint density at radius 1 is 0.971 bits per heavy atom. The van der Waals surface area contributed by atoms with E-state index in [0.29, 0.717) is 19.5 Å². The zero-order valence-corrected chi connectivity index (χ0v) is 19.7. The molecule has 0 atom stereocenters. The van der Waals surface area contributed by atoms with Gasteiger partial charge in [-0.25, -0.2) is 0 Å². The van der Waals surface area contributed by atoms with Gasteiger partial charge in [-0.05, 0) is 42.2 Å². The molecule has 6 nitrogen and oxygen atoms in total. The number of hydrogen-bond donors (Lipinski definition) is 1. The quantitative estimate of drug-likeness (QED) is 0.590. The van der Waals surface area contributed by atoms with Gasteiger partial charge >= 0.3 is 0 Å². The molecule has 3 heterocycles. The summed E-state index contributed by atoms with van der Waals surface area (Å²) in [6.07, 6.45) is 3.89. The molecule has 1 N–H and O–H groups in total. The summed E-state index contributed by atoms with van der Waals surface area (Å²) in [6.45, 7) is 3.69. The fourth-order valence-corrected chi connectivity index (χ4v) is 5.38. The molecule has 0 unspecified atom stereocenters. The maximum atomic E-state index is 13.4. The molecular formula is C28H32N4O2. The maximum Gasteiger partial charge on any atom is 0.254 e. The molecule has 0 radical (unpaired) electrons. The van der Waals surface area contributed by atoms with Crippen LogP contribution in [-0.4, -0.2) is 44.8 Å². The Kier molecular flexibility index (Phi) is 6.24. The average molecular weight is 457 g/mol. The summed E-state index contributed by atoms with van der Waals surface area (Å²) in [5, 5.41) is 3.10. The van der Waals surface area contributed by atoms with Crippen molar-refractivity contribution in [1.29, 1.82) is 0 Å². The van der Waals surface area contributed by atoms with E-state index >= 15 is 0 Å². The van der Waals surface area contributed by atoms with E-state index in [9.17, 15) is 9.59 Å². The number of carbonyl (C=O) groups excluding carboxylic acids is 2. The number of nitrogens with one attached hydrogen (secondary N) is 1. The van der Waals surface area contributed by atoms with Crippen LogP contribution in [0.1, 0.15) is 46.4 Å². The predicted molar refractivity (Wildman–Crippen MR) is 132 cm³/mol. The van der Waals surface area contributed by atoms with Crippen molar-refractivity contribution in [3.8, 4) is 0 Å². The van der Waals surface area contributed by atoms with Gasteiger partial charge in [0, 0.05) is 50.7 Å². The van der Waals surface area contributed by atoms with Crippen molar-refractivity contribution in [3.05, 3.63) is 95.3 Å². The summed E-state index contributed by atoms with van der Waals surface area (Å²) < 4.78 is 2.01. The van der Waals surface area contributed by atoms with E-state index in [1.165, 1.54) is 5.56 Å². The fraction of sp³-hybridized carbons (Fsp3) is 0.357. The number of carbonyl (C=O) groups is 2. The van der Waals surface area contributed by atoms with E-state index in [4.69, 9.17) is 0 Å². The van der Waals surface area contributed by atoms with Gasteiger partial charge in [-0.2, -0.15) is 0 Å². The number of rotatable bonds is 7. The molecule has 1 aromatic heterocycles. The zero-order valence-electron chi connectivity index (χ0n) is 19.7. The first-order chi connectivity index (χ1) is 16.5. The van der Waals surface area contributed by atoms with Crippen molar-refractivity contribution in [2.45, 2.75) is 44.4 Å². The van der Waals surface area contributed by atoms with Crippen LogP contribution in [0.5, 0.6) is 0 Å². The summed E-state index contributed by atoms with van der Waals surface area (Å²) in [5.74, 6) is 0.0591. The van der Waals surface area contributed by atoms with Gasteiger partial charge < -0.3 is 14.8 Å². The first-order valence-corrected chi connectivity index (χ1v) is 12.1. The second-order valence-corrected chi connectivity index (χ2v) is 9.60. The van der Waals surface area contributed by atoms with E-state index in [2.05, 4.69) is 34.5 Å². The van der Waals surface area contributed by atoms with E-state index in [-0.39, 0.29) is 11.8 Å². The minimum Gasteiger partial charge on any atom is -0.353 e. The van der Waals surface area contributed by atoms with Crippen molar-refractivity contribution in [1.82, 2.24) is 19.7 Å². The summed E-state index contributed by atoms with van der Waals surface area (Å²) in [5.41, 5.74) is 3.71. The minimum absolute atomic E-state index is 0.00136. The molecule has 2 aliphatic rings. The second-order valence-electron chi connectivity index (χ2n) is 9.60. The molecule has 5 rings (SSSR count). The van der Waals surface area contributed by atoms with Crippen LogP contribution in [0.3, 0.4) is 0 Å². The van der Waals surface area contributed by atoms with Crippen LogP contribution in [-0.2, 0) is 31.5 Å². The standard InChI is InChI=1S/C28H32N4O2/c1-30-15-7-11-24(30)19-29-26(33)18-28(32-21-23-10-5-6-12-25(23)27(32)34)13-16-31(17-14-28)20-22-8-3-2-4-9-22/h2-12,15H,13-14,16-21H2,1H3,(H,29,33). The van der Waals surface area contributed by atoms with Gasteiger partial charge in [0.2, 0.25) is 5.91 Å². The average Bonchev–Trinajstić information content (AvgIpc) is 3.43. The number of nitrogens with zero attached hydrogens (tertiary/aromatic N) is 3. The van der Waals surface area contributed by atoms with Crippen molar-refractivity contribution in [2.75, 3.05) is 13.1 Å². The summed E-state index contributed by atoms with van der Waals surface area (Å²) in [6, 6.07) is 22.3. The third kappa shape index (κ3) is 4.50. The molecular weight excluding hydrogens is 424 g/mol. The van der Waals surface area contributed by atoms with Crippen LogP contribution in [0.2, 0.25) is 0 Å². The number of benzene rings is 2. The zero-order chi connectivity index (χ0) is 23.5. The number of amides is 2. The van der Waals surface area contributed by atoms with Gasteiger partial charge in [-0.15, -0.1) is 0 Å². The van der Waals surface area contributed by atoms with Crippen LogP contribution < -0.4 is 5.32 Å². The van der Waals surface area contributed by atoms with Crippen molar-refractivity contribution >= 4 is 11.8 Å². The van der Waals surface area contributed by atoms with Crippen LogP contribution >= 0.6 is 0 Å². The highest BCUT2D eigenvalue weighted by atomic mass is 16.2. The molecule has 2 aromatic carbocycles. The van der Waals surface area contributed by atoms with E-state index in [0.717, 1.165) is 49.3 Å². The molecule has 2 amide bonds. The van der Waals surface area contributed by atoms with Crippen molar-refractivity contribution < 1.29 is 9.59 Å². The highest BCUT2D eigenvalue weighted by Crippen LogP contribution is 2.38. The van der Waals surface area contributed by atoms with Gasteiger partial charge in [-0.3, -0.25) is 14.5 Å². The van der Waals surface area contributed by atoms with Crippen LogP contribution in [0.4, 0.5) is 0 Å². The molecule has 6 heteroatoms. The predicted octanol–water partition coefficient (Wildman–Crippen LogP) is 3.72. The lowest BCUT2D eigenvalue weighted by molar-refractivity contribution is -0.125. The highest BCUT2D eigenvalue weighted by Gasteiger charge is 2.46. The van der Waals surface area contributed by atoms with Gasteiger partial charge in [0.1, 0.15) is 0 Å². The number of hydrogen-bond acceptors (Lipinski definition) is 3. The fourth-order valence-electron chi connectivity index (χ4n) is 5.38. The Morgan fingerprint density at radius 3 is 2.41 bits per heavy atom. The molecule has 0 spiro atoms. The van der Waals surface area contributed by atoms with Crippen LogP contribution in [0, 0.1) is 0 Å². The molecule has 1 fully saturated rings. The first kappa shape index (κ1) is 22.4. The molecule has 176 valence electrons. The second kappa shape index (κ2) is 9.47. The maximum absolute atomic E-state index is 13.4. The molecule has 2 aliphatic heterocycles. The smallest absolute Gasteiger partial charge is 0.254 e. The molecule has 34 heavy (non-hydrogen) atoms. The van der Waals surface area contributed by atoms with E-state index in [1.54, 1.807) is 0 Å². The third-order valence-corrected chi connectivity index (χ3v) is 7.44. The molecule has 1 saturated heterocycles. The number of aromatic nitrogens is 1. The number of fused-ring (bicyclic) bond motifs is 1. The minimum atomic E-state index is -0.471. The van der Waals surface area contributed by atoms with Crippen molar-refractivity contribution in [2.24, 2.45) is 7.05 Å². The Hall–Kier alpha value is -3.38. The first-order valence-electron chi connectivity index (χ1n) is 12.1.